The molecule has 1 aliphatic heterocycles. The van der Waals surface area contributed by atoms with E-state index < -0.39 is 15.8 Å². The molecule has 0 spiro atoms. The largest absolute Gasteiger partial charge is 0.489 e. The Hall–Kier alpha value is -2.19. The number of halogens is 1. The molecule has 1 saturated heterocycles. The minimum Gasteiger partial charge on any atom is -0.489 e. The van der Waals surface area contributed by atoms with Crippen molar-refractivity contribution in [2.45, 2.75) is 24.3 Å². The summed E-state index contributed by atoms with van der Waals surface area (Å²) in [5.74, 6) is -0.167. The normalized spacial score (nSPS) is 18.4. The Kier molecular flexibility index (Phi) is 4.66. The fourth-order valence-electron chi connectivity index (χ4n) is 2.79. The summed E-state index contributed by atoms with van der Waals surface area (Å²) in [5.41, 5.74) is 0.571. The Morgan fingerprint density at radius 2 is 2.00 bits per heavy atom. The summed E-state index contributed by atoms with van der Waals surface area (Å²) in [6.07, 6.45) is 0.151. The lowest BCUT2D eigenvalue weighted by molar-refractivity contribution is 0.214. The quantitative estimate of drug-likeness (QED) is 0.826. The number of sulfonamides is 1. The SMILES string of the molecule is Cc1cc(OC2CCN(S(=O)(=O)c3cccc(F)c3)C2)cc(=O)n1C. The van der Waals surface area contributed by atoms with Crippen LogP contribution in [-0.4, -0.2) is 36.5 Å². The van der Waals surface area contributed by atoms with Crippen LogP contribution in [0.25, 0.3) is 0 Å². The summed E-state index contributed by atoms with van der Waals surface area (Å²) in [7, 11) is -2.09. The lowest BCUT2D eigenvalue weighted by Crippen LogP contribution is -2.31. The molecule has 2 heterocycles. The van der Waals surface area contributed by atoms with E-state index in [2.05, 4.69) is 0 Å². The molecule has 1 aromatic heterocycles. The highest BCUT2D eigenvalue weighted by Gasteiger charge is 2.33. The van der Waals surface area contributed by atoms with Crippen molar-refractivity contribution in [1.82, 2.24) is 8.87 Å². The summed E-state index contributed by atoms with van der Waals surface area (Å²) in [5, 5.41) is 0. The van der Waals surface area contributed by atoms with Crippen molar-refractivity contribution in [3.63, 3.8) is 0 Å². The van der Waals surface area contributed by atoms with Crippen molar-refractivity contribution in [1.29, 1.82) is 0 Å². The number of rotatable bonds is 4. The summed E-state index contributed by atoms with van der Waals surface area (Å²) >= 11 is 0. The van der Waals surface area contributed by atoms with Crippen molar-refractivity contribution >= 4 is 10.0 Å². The van der Waals surface area contributed by atoms with Gasteiger partial charge in [-0.05, 0) is 37.6 Å². The Morgan fingerprint density at radius 1 is 1.24 bits per heavy atom. The molecule has 25 heavy (non-hydrogen) atoms. The third-order valence-corrected chi connectivity index (χ3v) is 6.18. The fourth-order valence-corrected chi connectivity index (χ4v) is 4.30. The lowest BCUT2D eigenvalue weighted by atomic mass is 10.3. The molecule has 1 unspecified atom stereocenters. The second-order valence-corrected chi connectivity index (χ2v) is 8.02. The van der Waals surface area contributed by atoms with Crippen LogP contribution in [-0.2, 0) is 17.1 Å². The molecule has 0 radical (unpaired) electrons. The van der Waals surface area contributed by atoms with Crippen LogP contribution in [0.2, 0.25) is 0 Å². The minimum absolute atomic E-state index is 0.0717. The number of aromatic nitrogens is 1. The van der Waals surface area contributed by atoms with Gasteiger partial charge in [-0.3, -0.25) is 4.79 Å². The number of aryl methyl sites for hydroxylation is 1. The van der Waals surface area contributed by atoms with Gasteiger partial charge in [-0.15, -0.1) is 0 Å². The first-order valence-electron chi connectivity index (χ1n) is 7.87. The molecule has 0 bridgehead atoms. The molecule has 1 fully saturated rings. The maximum absolute atomic E-state index is 13.3. The molecule has 134 valence electrons. The molecule has 6 nitrogen and oxygen atoms in total. The molecular formula is C17H19FN2O4S. The van der Waals surface area contributed by atoms with Gasteiger partial charge in [0.05, 0.1) is 11.4 Å². The van der Waals surface area contributed by atoms with Gasteiger partial charge in [0.25, 0.3) is 5.56 Å². The number of ether oxygens (including phenoxy) is 1. The zero-order valence-electron chi connectivity index (χ0n) is 14.0. The summed E-state index contributed by atoms with van der Waals surface area (Å²) in [4.78, 5) is 11.7. The van der Waals surface area contributed by atoms with E-state index in [0.717, 1.165) is 11.8 Å². The van der Waals surface area contributed by atoms with Crippen LogP contribution in [0.4, 0.5) is 4.39 Å². The van der Waals surface area contributed by atoms with Crippen molar-refractivity contribution in [3.05, 3.63) is 58.3 Å². The number of hydrogen-bond donors (Lipinski definition) is 0. The molecule has 1 aromatic carbocycles. The molecule has 0 saturated carbocycles. The average Bonchev–Trinajstić information content (AvgIpc) is 3.02. The van der Waals surface area contributed by atoms with E-state index in [-0.39, 0.29) is 29.6 Å². The first-order chi connectivity index (χ1) is 11.8. The van der Waals surface area contributed by atoms with E-state index in [1.807, 2.05) is 0 Å². The lowest BCUT2D eigenvalue weighted by Gasteiger charge is -2.18. The predicted molar refractivity (Wildman–Crippen MR) is 90.6 cm³/mol. The average molecular weight is 366 g/mol. The van der Waals surface area contributed by atoms with Crippen LogP contribution in [0.3, 0.4) is 0 Å². The van der Waals surface area contributed by atoms with Gasteiger partial charge in [-0.1, -0.05) is 6.07 Å². The second kappa shape index (κ2) is 6.61. The van der Waals surface area contributed by atoms with E-state index in [9.17, 15) is 17.6 Å². The summed E-state index contributed by atoms with van der Waals surface area (Å²) in [6, 6.07) is 8.08. The Labute approximate surface area is 145 Å². The molecule has 8 heteroatoms. The van der Waals surface area contributed by atoms with Crippen LogP contribution in [0.1, 0.15) is 12.1 Å². The van der Waals surface area contributed by atoms with Gasteiger partial charge < -0.3 is 9.30 Å². The Bertz CT molecular complexity index is 955. The third-order valence-electron chi connectivity index (χ3n) is 4.32. The van der Waals surface area contributed by atoms with Crippen LogP contribution in [0.5, 0.6) is 5.75 Å². The van der Waals surface area contributed by atoms with Crippen molar-refractivity contribution in [2.24, 2.45) is 7.05 Å². The molecule has 0 amide bonds. The van der Waals surface area contributed by atoms with Gasteiger partial charge in [0, 0.05) is 25.4 Å². The zero-order valence-corrected chi connectivity index (χ0v) is 14.8. The van der Waals surface area contributed by atoms with E-state index in [1.165, 1.54) is 33.1 Å². The first-order valence-corrected chi connectivity index (χ1v) is 9.31. The van der Waals surface area contributed by atoms with E-state index in [4.69, 9.17) is 4.74 Å². The Morgan fingerprint density at radius 3 is 2.68 bits per heavy atom. The van der Waals surface area contributed by atoms with Crippen LogP contribution < -0.4 is 10.3 Å². The summed E-state index contributed by atoms with van der Waals surface area (Å²) in [6.45, 7) is 2.24. The van der Waals surface area contributed by atoms with Crippen molar-refractivity contribution in [3.8, 4) is 5.75 Å². The smallest absolute Gasteiger partial charge is 0.254 e. The van der Waals surface area contributed by atoms with Gasteiger partial charge in [0.1, 0.15) is 17.7 Å². The van der Waals surface area contributed by atoms with E-state index in [1.54, 1.807) is 20.0 Å². The number of nitrogens with zero attached hydrogens (tertiary/aromatic N) is 2. The number of benzene rings is 1. The van der Waals surface area contributed by atoms with Crippen LogP contribution in [0, 0.1) is 12.7 Å². The fraction of sp³-hybridized carbons (Fsp3) is 0.353. The van der Waals surface area contributed by atoms with Gasteiger partial charge in [0.2, 0.25) is 10.0 Å². The van der Waals surface area contributed by atoms with Gasteiger partial charge in [-0.25, -0.2) is 12.8 Å². The first kappa shape index (κ1) is 17.6. The van der Waals surface area contributed by atoms with E-state index >= 15 is 0 Å². The molecular weight excluding hydrogens is 347 g/mol. The predicted octanol–water partition coefficient (Wildman–Crippen LogP) is 1.67. The van der Waals surface area contributed by atoms with Crippen molar-refractivity contribution in [2.75, 3.05) is 13.1 Å². The monoisotopic (exact) mass is 366 g/mol. The maximum atomic E-state index is 13.3. The summed E-state index contributed by atoms with van der Waals surface area (Å²) < 4.78 is 47.1. The number of hydrogen-bond acceptors (Lipinski definition) is 4. The molecule has 0 aliphatic carbocycles. The molecule has 3 rings (SSSR count). The molecule has 0 N–H and O–H groups in total. The highest BCUT2D eigenvalue weighted by atomic mass is 32.2. The maximum Gasteiger partial charge on any atom is 0.254 e. The van der Waals surface area contributed by atoms with Crippen LogP contribution in [0.15, 0.2) is 46.1 Å². The minimum atomic E-state index is -3.76. The van der Waals surface area contributed by atoms with Gasteiger partial charge in [-0.2, -0.15) is 4.31 Å². The standard InChI is InChI=1S/C17H19FN2O4S/c1-12-8-15(10-17(21)19(12)2)24-14-6-7-20(11-14)25(22,23)16-5-3-4-13(18)9-16/h3-5,8-10,14H,6-7,11H2,1-2H3. The third kappa shape index (κ3) is 3.59. The molecule has 1 aliphatic rings. The molecule has 2 aromatic rings. The van der Waals surface area contributed by atoms with Crippen molar-refractivity contribution < 1.29 is 17.5 Å². The van der Waals surface area contributed by atoms with Crippen LogP contribution >= 0.6 is 0 Å². The zero-order chi connectivity index (χ0) is 18.2. The Balaban J connectivity index is 1.75. The highest BCUT2D eigenvalue weighted by Crippen LogP contribution is 2.24. The molecule has 1 atom stereocenters. The number of pyridine rings is 1. The second-order valence-electron chi connectivity index (χ2n) is 6.08. The van der Waals surface area contributed by atoms with Gasteiger partial charge in [0.15, 0.2) is 0 Å². The highest BCUT2D eigenvalue weighted by molar-refractivity contribution is 7.89. The topological polar surface area (TPSA) is 68.6 Å². The van der Waals surface area contributed by atoms with Gasteiger partial charge >= 0.3 is 0 Å². The van der Waals surface area contributed by atoms with E-state index in [0.29, 0.717) is 12.2 Å².